The van der Waals surface area contributed by atoms with Crippen molar-refractivity contribution in [3.63, 3.8) is 0 Å². The molecule has 0 aliphatic carbocycles. The molecule has 1 atom stereocenters. The Kier molecular flexibility index (Phi) is 5.02. The van der Waals surface area contributed by atoms with Gasteiger partial charge in [-0.25, -0.2) is 0 Å². The van der Waals surface area contributed by atoms with E-state index in [1.807, 2.05) is 6.07 Å². The van der Waals surface area contributed by atoms with Crippen LogP contribution in [0.3, 0.4) is 0 Å². The minimum absolute atomic E-state index is 0.646. The lowest BCUT2D eigenvalue weighted by atomic mass is 9.91. The fraction of sp³-hybridized carbons (Fsp3) is 0.600. The number of methoxy groups -OCH3 is 2. The maximum atomic E-state index is 5.36. The highest BCUT2D eigenvalue weighted by Gasteiger charge is 2.14. The molecule has 3 heteroatoms. The number of hydrogen-bond donors (Lipinski definition) is 1. The SMILES string of the molecule is COCc1cc(CC2CCCNC2)cc(OC)c1. The van der Waals surface area contributed by atoms with Crippen LogP contribution in [-0.2, 0) is 17.8 Å². The van der Waals surface area contributed by atoms with Crippen molar-refractivity contribution in [1.82, 2.24) is 5.32 Å². The van der Waals surface area contributed by atoms with Crippen LogP contribution in [0.1, 0.15) is 24.0 Å². The fourth-order valence-electron chi connectivity index (χ4n) is 2.65. The molecule has 1 aliphatic rings. The van der Waals surface area contributed by atoms with E-state index in [0.717, 1.165) is 24.6 Å². The largest absolute Gasteiger partial charge is 0.497 e. The Morgan fingerprint density at radius 2 is 2.06 bits per heavy atom. The smallest absolute Gasteiger partial charge is 0.119 e. The van der Waals surface area contributed by atoms with Crippen LogP contribution >= 0.6 is 0 Å². The molecule has 1 aliphatic heterocycles. The van der Waals surface area contributed by atoms with Crippen molar-refractivity contribution in [1.29, 1.82) is 0 Å². The van der Waals surface area contributed by atoms with E-state index in [1.54, 1.807) is 14.2 Å². The molecule has 0 saturated carbocycles. The summed E-state index contributed by atoms with van der Waals surface area (Å²) in [7, 11) is 3.45. The van der Waals surface area contributed by atoms with Crippen molar-refractivity contribution in [2.24, 2.45) is 5.92 Å². The van der Waals surface area contributed by atoms with Crippen molar-refractivity contribution >= 4 is 0 Å². The average Bonchev–Trinajstić information content (AvgIpc) is 2.40. The lowest BCUT2D eigenvalue weighted by Crippen LogP contribution is -2.30. The van der Waals surface area contributed by atoms with E-state index in [9.17, 15) is 0 Å². The van der Waals surface area contributed by atoms with Crippen LogP contribution in [0, 0.1) is 5.92 Å². The molecule has 1 fully saturated rings. The Morgan fingerprint density at radius 1 is 1.22 bits per heavy atom. The third-order valence-corrected chi connectivity index (χ3v) is 3.50. The summed E-state index contributed by atoms with van der Waals surface area (Å²) in [6.45, 7) is 2.95. The van der Waals surface area contributed by atoms with Crippen molar-refractivity contribution in [3.8, 4) is 5.75 Å². The molecule has 0 amide bonds. The Balaban J connectivity index is 2.07. The van der Waals surface area contributed by atoms with E-state index < -0.39 is 0 Å². The summed E-state index contributed by atoms with van der Waals surface area (Å²) in [6, 6.07) is 6.43. The van der Waals surface area contributed by atoms with Gasteiger partial charge in [-0.15, -0.1) is 0 Å². The van der Waals surface area contributed by atoms with E-state index in [1.165, 1.54) is 30.5 Å². The lowest BCUT2D eigenvalue weighted by Gasteiger charge is -2.23. The molecule has 1 N–H and O–H groups in total. The van der Waals surface area contributed by atoms with Crippen molar-refractivity contribution in [2.75, 3.05) is 27.3 Å². The van der Waals surface area contributed by atoms with Crippen LogP contribution in [0.5, 0.6) is 5.75 Å². The first-order valence-electron chi connectivity index (χ1n) is 6.68. The number of hydrogen-bond acceptors (Lipinski definition) is 3. The van der Waals surface area contributed by atoms with Crippen molar-refractivity contribution < 1.29 is 9.47 Å². The van der Waals surface area contributed by atoms with Gasteiger partial charge in [0.2, 0.25) is 0 Å². The molecule has 100 valence electrons. The summed E-state index contributed by atoms with van der Waals surface area (Å²) in [5.41, 5.74) is 2.55. The second-order valence-electron chi connectivity index (χ2n) is 5.04. The molecule has 2 rings (SSSR count). The molecule has 1 saturated heterocycles. The zero-order chi connectivity index (χ0) is 12.8. The molecule has 0 aromatic heterocycles. The summed E-state index contributed by atoms with van der Waals surface area (Å²) in [4.78, 5) is 0. The van der Waals surface area contributed by atoms with Crippen molar-refractivity contribution in [2.45, 2.75) is 25.9 Å². The van der Waals surface area contributed by atoms with Gasteiger partial charge in [-0.3, -0.25) is 0 Å². The van der Waals surface area contributed by atoms with Crippen LogP contribution < -0.4 is 10.1 Å². The zero-order valence-electron chi connectivity index (χ0n) is 11.4. The Bertz CT molecular complexity index is 373. The van der Waals surface area contributed by atoms with Crippen LogP contribution in [0.15, 0.2) is 18.2 Å². The molecule has 1 heterocycles. The summed E-state index contributed by atoms with van der Waals surface area (Å²) in [5, 5.41) is 3.47. The molecule has 0 spiro atoms. The highest BCUT2D eigenvalue weighted by atomic mass is 16.5. The van der Waals surface area contributed by atoms with Crippen LogP contribution in [-0.4, -0.2) is 27.3 Å². The second-order valence-corrected chi connectivity index (χ2v) is 5.04. The van der Waals surface area contributed by atoms with Gasteiger partial charge in [-0.1, -0.05) is 6.07 Å². The normalized spacial score (nSPS) is 19.8. The molecular weight excluding hydrogens is 226 g/mol. The summed E-state index contributed by atoms with van der Waals surface area (Å²) < 4.78 is 10.6. The van der Waals surface area contributed by atoms with Gasteiger partial charge in [0.15, 0.2) is 0 Å². The molecule has 1 aromatic rings. The van der Waals surface area contributed by atoms with Gasteiger partial charge in [0.25, 0.3) is 0 Å². The van der Waals surface area contributed by atoms with E-state index in [2.05, 4.69) is 17.4 Å². The van der Waals surface area contributed by atoms with E-state index in [-0.39, 0.29) is 0 Å². The van der Waals surface area contributed by atoms with Gasteiger partial charge in [0.1, 0.15) is 5.75 Å². The fourth-order valence-corrected chi connectivity index (χ4v) is 2.65. The quantitative estimate of drug-likeness (QED) is 0.869. The van der Waals surface area contributed by atoms with Gasteiger partial charge < -0.3 is 14.8 Å². The Hall–Kier alpha value is -1.06. The Morgan fingerprint density at radius 3 is 2.72 bits per heavy atom. The monoisotopic (exact) mass is 249 g/mol. The molecule has 0 bridgehead atoms. The van der Waals surface area contributed by atoms with Crippen LogP contribution in [0.4, 0.5) is 0 Å². The number of rotatable bonds is 5. The number of piperidine rings is 1. The first-order valence-corrected chi connectivity index (χ1v) is 6.68. The second kappa shape index (κ2) is 6.76. The third kappa shape index (κ3) is 3.72. The Labute approximate surface area is 109 Å². The maximum absolute atomic E-state index is 5.36. The van der Waals surface area contributed by atoms with Gasteiger partial charge in [-0.2, -0.15) is 0 Å². The van der Waals surface area contributed by atoms with Gasteiger partial charge in [0, 0.05) is 7.11 Å². The zero-order valence-corrected chi connectivity index (χ0v) is 11.4. The highest BCUT2D eigenvalue weighted by molar-refractivity contribution is 5.34. The van der Waals surface area contributed by atoms with Crippen molar-refractivity contribution in [3.05, 3.63) is 29.3 Å². The van der Waals surface area contributed by atoms with Gasteiger partial charge in [0.05, 0.1) is 13.7 Å². The summed E-state index contributed by atoms with van der Waals surface area (Å²) >= 11 is 0. The molecule has 1 aromatic carbocycles. The first kappa shape index (κ1) is 13.4. The molecular formula is C15H23NO2. The number of benzene rings is 1. The minimum Gasteiger partial charge on any atom is -0.497 e. The van der Waals surface area contributed by atoms with Crippen LogP contribution in [0.2, 0.25) is 0 Å². The highest BCUT2D eigenvalue weighted by Crippen LogP contribution is 2.22. The molecule has 1 unspecified atom stereocenters. The molecule has 0 radical (unpaired) electrons. The first-order chi connectivity index (χ1) is 8.81. The molecule has 3 nitrogen and oxygen atoms in total. The standard InChI is InChI=1S/C15H23NO2/c1-17-11-14-7-13(8-15(9-14)18-2)6-12-4-3-5-16-10-12/h7-9,12,16H,3-6,10-11H2,1-2H3. The van der Waals surface area contributed by atoms with E-state index in [4.69, 9.17) is 9.47 Å². The third-order valence-electron chi connectivity index (χ3n) is 3.50. The average molecular weight is 249 g/mol. The van der Waals surface area contributed by atoms with E-state index in [0.29, 0.717) is 6.61 Å². The van der Waals surface area contributed by atoms with Gasteiger partial charge in [-0.05, 0) is 61.5 Å². The van der Waals surface area contributed by atoms with Gasteiger partial charge >= 0.3 is 0 Å². The topological polar surface area (TPSA) is 30.5 Å². The minimum atomic E-state index is 0.646. The number of ether oxygens (including phenoxy) is 2. The molecule has 18 heavy (non-hydrogen) atoms. The summed E-state index contributed by atoms with van der Waals surface area (Å²) in [5.74, 6) is 1.68. The summed E-state index contributed by atoms with van der Waals surface area (Å²) in [6.07, 6.45) is 3.74. The maximum Gasteiger partial charge on any atom is 0.119 e. The predicted molar refractivity (Wildman–Crippen MR) is 73.0 cm³/mol. The number of nitrogens with one attached hydrogen (secondary N) is 1. The predicted octanol–water partition coefficient (Wildman–Crippen LogP) is 2.38. The lowest BCUT2D eigenvalue weighted by molar-refractivity contribution is 0.184. The van der Waals surface area contributed by atoms with Crippen LogP contribution in [0.25, 0.3) is 0 Å². The van der Waals surface area contributed by atoms with E-state index >= 15 is 0 Å².